The highest BCUT2D eigenvalue weighted by molar-refractivity contribution is 6.30. The standard InChI is InChI=1S/C15H14ClFO2/c1-10(18)13-4-2-3-5-15(13)19-9-11-6-7-12(16)8-14(11)17/h2-8,10,18H,9H2,1H3/t10-/m0/s1. The van der Waals surface area contributed by atoms with Crippen molar-refractivity contribution in [2.75, 3.05) is 0 Å². The molecule has 0 saturated heterocycles. The van der Waals surface area contributed by atoms with Gasteiger partial charge in [-0.1, -0.05) is 35.9 Å². The van der Waals surface area contributed by atoms with E-state index in [0.717, 1.165) is 0 Å². The Morgan fingerprint density at radius 2 is 2.00 bits per heavy atom. The van der Waals surface area contributed by atoms with Gasteiger partial charge in [-0.25, -0.2) is 4.39 Å². The minimum Gasteiger partial charge on any atom is -0.488 e. The smallest absolute Gasteiger partial charge is 0.131 e. The number of aliphatic hydroxyl groups is 1. The summed E-state index contributed by atoms with van der Waals surface area (Å²) < 4.78 is 19.2. The van der Waals surface area contributed by atoms with Gasteiger partial charge in [-0.2, -0.15) is 0 Å². The van der Waals surface area contributed by atoms with Crippen LogP contribution in [-0.4, -0.2) is 5.11 Å². The van der Waals surface area contributed by atoms with E-state index in [9.17, 15) is 9.50 Å². The van der Waals surface area contributed by atoms with Gasteiger partial charge in [0.2, 0.25) is 0 Å². The molecule has 100 valence electrons. The number of ether oxygens (including phenoxy) is 1. The fraction of sp³-hybridized carbons (Fsp3) is 0.200. The minimum atomic E-state index is -0.633. The molecule has 0 bridgehead atoms. The largest absolute Gasteiger partial charge is 0.488 e. The molecule has 0 aliphatic heterocycles. The Morgan fingerprint density at radius 3 is 2.68 bits per heavy atom. The molecule has 0 fully saturated rings. The number of hydrogen-bond donors (Lipinski definition) is 1. The fourth-order valence-electron chi connectivity index (χ4n) is 1.75. The second-order valence-electron chi connectivity index (χ2n) is 4.24. The van der Waals surface area contributed by atoms with Gasteiger partial charge in [-0.05, 0) is 25.1 Å². The third kappa shape index (κ3) is 3.46. The van der Waals surface area contributed by atoms with Gasteiger partial charge in [0, 0.05) is 16.1 Å². The fourth-order valence-corrected chi connectivity index (χ4v) is 1.91. The van der Waals surface area contributed by atoms with Crippen LogP contribution in [0.2, 0.25) is 5.02 Å². The molecule has 0 heterocycles. The monoisotopic (exact) mass is 280 g/mol. The lowest BCUT2D eigenvalue weighted by Gasteiger charge is -2.13. The quantitative estimate of drug-likeness (QED) is 0.913. The lowest BCUT2D eigenvalue weighted by Crippen LogP contribution is -2.02. The molecule has 0 saturated carbocycles. The van der Waals surface area contributed by atoms with Crippen LogP contribution >= 0.6 is 11.6 Å². The molecule has 0 aliphatic carbocycles. The van der Waals surface area contributed by atoms with E-state index in [1.165, 1.54) is 6.07 Å². The van der Waals surface area contributed by atoms with Gasteiger partial charge in [0.15, 0.2) is 0 Å². The van der Waals surface area contributed by atoms with Crippen LogP contribution in [0.1, 0.15) is 24.2 Å². The molecule has 4 heteroatoms. The van der Waals surface area contributed by atoms with Gasteiger partial charge in [-0.3, -0.25) is 0 Å². The molecular formula is C15H14ClFO2. The number of rotatable bonds is 4. The van der Waals surface area contributed by atoms with E-state index < -0.39 is 11.9 Å². The van der Waals surface area contributed by atoms with Crippen LogP contribution < -0.4 is 4.74 Å². The summed E-state index contributed by atoms with van der Waals surface area (Å²) in [6.45, 7) is 1.75. The van der Waals surface area contributed by atoms with Crippen molar-refractivity contribution in [1.82, 2.24) is 0 Å². The van der Waals surface area contributed by atoms with Crippen LogP contribution in [0.4, 0.5) is 4.39 Å². The van der Waals surface area contributed by atoms with Gasteiger partial charge in [0.1, 0.15) is 18.2 Å². The Morgan fingerprint density at radius 1 is 1.26 bits per heavy atom. The van der Waals surface area contributed by atoms with E-state index in [0.29, 0.717) is 21.9 Å². The number of para-hydroxylation sites is 1. The Bertz CT molecular complexity index is 570. The van der Waals surface area contributed by atoms with Crippen LogP contribution in [0.25, 0.3) is 0 Å². The summed E-state index contributed by atoms with van der Waals surface area (Å²) in [5.41, 5.74) is 1.10. The lowest BCUT2D eigenvalue weighted by atomic mass is 10.1. The summed E-state index contributed by atoms with van der Waals surface area (Å²) in [7, 11) is 0. The molecule has 0 spiro atoms. The first kappa shape index (κ1) is 13.8. The Kier molecular flexibility index (Phi) is 4.40. The van der Waals surface area contributed by atoms with E-state index >= 15 is 0 Å². The lowest BCUT2D eigenvalue weighted by molar-refractivity contribution is 0.190. The van der Waals surface area contributed by atoms with Gasteiger partial charge in [0.25, 0.3) is 0 Å². The first-order chi connectivity index (χ1) is 9.08. The van der Waals surface area contributed by atoms with E-state index in [4.69, 9.17) is 16.3 Å². The van der Waals surface area contributed by atoms with E-state index in [2.05, 4.69) is 0 Å². The zero-order valence-corrected chi connectivity index (χ0v) is 11.2. The van der Waals surface area contributed by atoms with Crippen molar-refractivity contribution in [3.8, 4) is 5.75 Å². The van der Waals surface area contributed by atoms with Crippen molar-refractivity contribution in [2.45, 2.75) is 19.6 Å². The average molecular weight is 281 g/mol. The highest BCUT2D eigenvalue weighted by Crippen LogP contribution is 2.26. The molecular weight excluding hydrogens is 267 g/mol. The minimum absolute atomic E-state index is 0.0900. The third-order valence-corrected chi connectivity index (χ3v) is 3.00. The molecule has 0 aromatic heterocycles. The first-order valence-corrected chi connectivity index (χ1v) is 6.29. The van der Waals surface area contributed by atoms with Crippen LogP contribution in [0, 0.1) is 5.82 Å². The van der Waals surface area contributed by atoms with Crippen molar-refractivity contribution in [3.63, 3.8) is 0 Å². The molecule has 0 radical (unpaired) electrons. The number of halogens is 2. The zero-order chi connectivity index (χ0) is 13.8. The molecule has 2 aromatic rings. The highest BCUT2D eigenvalue weighted by Gasteiger charge is 2.09. The van der Waals surface area contributed by atoms with Crippen molar-refractivity contribution < 1.29 is 14.2 Å². The number of hydrogen-bond acceptors (Lipinski definition) is 2. The Balaban J connectivity index is 2.14. The van der Waals surface area contributed by atoms with Crippen LogP contribution in [-0.2, 0) is 6.61 Å². The first-order valence-electron chi connectivity index (χ1n) is 5.91. The van der Waals surface area contributed by atoms with Gasteiger partial charge in [-0.15, -0.1) is 0 Å². The molecule has 2 rings (SSSR count). The molecule has 19 heavy (non-hydrogen) atoms. The molecule has 1 atom stereocenters. The summed E-state index contributed by atoms with van der Waals surface area (Å²) in [5.74, 6) is 0.147. The van der Waals surface area contributed by atoms with Crippen molar-refractivity contribution in [3.05, 3.63) is 64.4 Å². The van der Waals surface area contributed by atoms with Crippen LogP contribution in [0.3, 0.4) is 0 Å². The topological polar surface area (TPSA) is 29.5 Å². The summed E-state index contributed by atoms with van der Waals surface area (Å²) >= 11 is 5.69. The molecule has 0 amide bonds. The maximum atomic E-state index is 13.6. The molecule has 2 aromatic carbocycles. The van der Waals surface area contributed by atoms with Crippen molar-refractivity contribution in [1.29, 1.82) is 0 Å². The van der Waals surface area contributed by atoms with Gasteiger partial charge < -0.3 is 9.84 Å². The summed E-state index contributed by atoms with van der Waals surface area (Å²) in [6, 6.07) is 11.6. The second kappa shape index (κ2) is 6.04. The van der Waals surface area contributed by atoms with Gasteiger partial charge in [0.05, 0.1) is 6.10 Å². The number of benzene rings is 2. The predicted molar refractivity (Wildman–Crippen MR) is 72.8 cm³/mol. The van der Waals surface area contributed by atoms with Gasteiger partial charge >= 0.3 is 0 Å². The Labute approximate surface area is 116 Å². The normalized spacial score (nSPS) is 12.2. The summed E-state index contributed by atoms with van der Waals surface area (Å²) in [4.78, 5) is 0. The molecule has 0 aliphatic rings. The zero-order valence-electron chi connectivity index (χ0n) is 10.4. The second-order valence-corrected chi connectivity index (χ2v) is 4.67. The van der Waals surface area contributed by atoms with Crippen LogP contribution in [0.5, 0.6) is 5.75 Å². The average Bonchev–Trinajstić information content (AvgIpc) is 2.38. The third-order valence-electron chi connectivity index (χ3n) is 2.77. The number of aliphatic hydroxyl groups excluding tert-OH is 1. The van der Waals surface area contributed by atoms with E-state index in [1.54, 1.807) is 37.3 Å². The van der Waals surface area contributed by atoms with E-state index in [-0.39, 0.29) is 6.61 Å². The predicted octanol–water partition coefficient (Wildman–Crippen LogP) is 4.11. The Hall–Kier alpha value is -1.58. The van der Waals surface area contributed by atoms with Crippen molar-refractivity contribution >= 4 is 11.6 Å². The summed E-state index contributed by atoms with van der Waals surface area (Å²) in [6.07, 6.45) is -0.633. The highest BCUT2D eigenvalue weighted by atomic mass is 35.5. The SMILES string of the molecule is C[C@H](O)c1ccccc1OCc1ccc(Cl)cc1F. The molecule has 1 N–H and O–H groups in total. The molecule has 0 unspecified atom stereocenters. The van der Waals surface area contributed by atoms with E-state index in [1.807, 2.05) is 6.07 Å². The molecule has 2 nitrogen and oxygen atoms in total. The maximum Gasteiger partial charge on any atom is 0.131 e. The van der Waals surface area contributed by atoms with Crippen molar-refractivity contribution in [2.24, 2.45) is 0 Å². The summed E-state index contributed by atoms with van der Waals surface area (Å²) in [5, 5.41) is 9.97. The maximum absolute atomic E-state index is 13.6. The van der Waals surface area contributed by atoms with Crippen LogP contribution in [0.15, 0.2) is 42.5 Å².